The van der Waals surface area contributed by atoms with Crippen molar-refractivity contribution in [2.75, 3.05) is 27.3 Å². The van der Waals surface area contributed by atoms with E-state index in [1.807, 2.05) is 12.1 Å². The van der Waals surface area contributed by atoms with Gasteiger partial charge in [0.2, 0.25) is 5.88 Å². The minimum absolute atomic E-state index is 0.0145. The Morgan fingerprint density at radius 2 is 1.78 bits per heavy atom. The number of hydrogen-bond donors (Lipinski definition) is 0. The smallest absolute Gasteiger partial charge is 0.416 e. The third-order valence-corrected chi connectivity index (χ3v) is 7.79. The number of hydrogen-bond acceptors (Lipinski definition) is 8. The number of benzene rings is 2. The molecular weight excluding hydrogens is 603 g/mol. The highest BCUT2D eigenvalue weighted by atomic mass is 19.4. The largest absolute Gasteiger partial charge is 0.496 e. The highest BCUT2D eigenvalue weighted by molar-refractivity contribution is 5.96. The van der Waals surface area contributed by atoms with E-state index < -0.39 is 24.3 Å². The van der Waals surface area contributed by atoms with Crippen molar-refractivity contribution in [2.45, 2.75) is 44.7 Å². The number of aromatic nitrogens is 3. The van der Waals surface area contributed by atoms with Gasteiger partial charge in [-0.05, 0) is 56.3 Å². The molecule has 240 valence electrons. The minimum Gasteiger partial charge on any atom is -0.496 e. The predicted octanol–water partition coefficient (Wildman–Crippen LogP) is 6.34. The highest BCUT2D eigenvalue weighted by Crippen LogP contribution is 2.34. The topological polar surface area (TPSA) is 87.9 Å². The average molecular weight is 635 g/mol. The molecule has 1 aliphatic rings. The zero-order valence-electron chi connectivity index (χ0n) is 24.7. The summed E-state index contributed by atoms with van der Waals surface area (Å²) in [5, 5.41) is 0. The Morgan fingerprint density at radius 3 is 2.44 bits per heavy atom. The fourth-order valence-electron chi connectivity index (χ4n) is 5.38. The van der Waals surface area contributed by atoms with E-state index in [0.717, 1.165) is 43.8 Å². The number of piperidine rings is 1. The third-order valence-electron chi connectivity index (χ3n) is 7.79. The number of methoxy groups -OCH3 is 2. The quantitative estimate of drug-likeness (QED) is 0.148. The van der Waals surface area contributed by atoms with E-state index in [9.17, 15) is 26.7 Å². The lowest BCUT2D eigenvalue weighted by atomic mass is 9.93. The molecule has 0 saturated carbocycles. The molecule has 4 aromatic rings. The molecule has 2 aromatic heterocycles. The second kappa shape index (κ2) is 13.3. The highest BCUT2D eigenvalue weighted by Gasteiger charge is 2.31. The molecule has 0 spiro atoms. The van der Waals surface area contributed by atoms with Crippen molar-refractivity contribution < 1.29 is 45.7 Å². The van der Waals surface area contributed by atoms with Crippen LogP contribution in [0, 0.1) is 0 Å². The van der Waals surface area contributed by atoms with Crippen molar-refractivity contribution in [1.82, 2.24) is 19.4 Å². The van der Waals surface area contributed by atoms with Gasteiger partial charge in [-0.2, -0.15) is 22.0 Å². The standard InChI is InChI=1S/C31H31F5N4O5/c1-39-23-13-20(29(41)43-3)14-25(45-30(32)33)28(23)38-26(39)16-40-11-9-18(10-12-40)22-5-4-6-27(37-22)44-17-19-7-8-21(31(34,35)36)15-24(19)42-2/h4-8,13-15,18,30H,9-12,16-17H2,1-3H3. The van der Waals surface area contributed by atoms with Crippen LogP contribution in [-0.2, 0) is 31.1 Å². The van der Waals surface area contributed by atoms with Gasteiger partial charge in [-0.25, -0.2) is 14.8 Å². The van der Waals surface area contributed by atoms with Crippen molar-refractivity contribution in [3.63, 3.8) is 0 Å². The van der Waals surface area contributed by atoms with Gasteiger partial charge in [0, 0.05) is 30.3 Å². The van der Waals surface area contributed by atoms with Gasteiger partial charge in [-0.1, -0.05) is 12.1 Å². The Balaban J connectivity index is 1.23. The predicted molar refractivity (Wildman–Crippen MR) is 153 cm³/mol. The monoisotopic (exact) mass is 634 g/mol. The van der Waals surface area contributed by atoms with Crippen molar-refractivity contribution in [1.29, 1.82) is 0 Å². The van der Waals surface area contributed by atoms with E-state index in [0.29, 0.717) is 29.3 Å². The second-order valence-corrected chi connectivity index (χ2v) is 10.6. The number of fused-ring (bicyclic) bond motifs is 1. The van der Waals surface area contributed by atoms with Crippen LogP contribution in [0.5, 0.6) is 17.4 Å². The molecule has 9 nitrogen and oxygen atoms in total. The van der Waals surface area contributed by atoms with Gasteiger partial charge in [0.25, 0.3) is 0 Å². The number of imidazole rings is 1. The lowest BCUT2D eigenvalue weighted by molar-refractivity contribution is -0.137. The zero-order chi connectivity index (χ0) is 32.3. The molecule has 0 aliphatic carbocycles. The Hall–Kier alpha value is -4.46. The number of alkyl halides is 5. The first kappa shape index (κ1) is 31.9. The van der Waals surface area contributed by atoms with Crippen molar-refractivity contribution in [2.24, 2.45) is 7.05 Å². The van der Waals surface area contributed by atoms with Gasteiger partial charge in [0.1, 0.15) is 23.7 Å². The number of halogens is 5. The van der Waals surface area contributed by atoms with Gasteiger partial charge in [-0.15, -0.1) is 0 Å². The van der Waals surface area contributed by atoms with E-state index in [1.165, 1.54) is 32.4 Å². The third kappa shape index (κ3) is 7.27. The first-order valence-electron chi connectivity index (χ1n) is 14.1. The lowest BCUT2D eigenvalue weighted by Crippen LogP contribution is -2.33. The van der Waals surface area contributed by atoms with Crippen molar-refractivity contribution in [3.8, 4) is 17.4 Å². The maximum atomic E-state index is 13.1. The SMILES string of the molecule is COC(=O)c1cc(OC(F)F)c2nc(CN3CCC(c4cccc(OCc5ccc(C(F)(F)F)cc5OC)n4)CC3)n(C)c2c1. The van der Waals surface area contributed by atoms with E-state index in [1.54, 1.807) is 17.7 Å². The lowest BCUT2D eigenvalue weighted by Gasteiger charge is -2.31. The van der Waals surface area contributed by atoms with E-state index in [4.69, 9.17) is 14.2 Å². The zero-order valence-corrected chi connectivity index (χ0v) is 24.7. The van der Waals surface area contributed by atoms with E-state index >= 15 is 0 Å². The van der Waals surface area contributed by atoms with Crippen LogP contribution in [0.4, 0.5) is 22.0 Å². The normalized spacial score (nSPS) is 14.6. The van der Waals surface area contributed by atoms with Crippen LogP contribution in [0.15, 0.2) is 48.5 Å². The number of likely N-dealkylation sites (tertiary alicyclic amines) is 1. The van der Waals surface area contributed by atoms with Crippen LogP contribution < -0.4 is 14.2 Å². The van der Waals surface area contributed by atoms with E-state index in [-0.39, 0.29) is 35.1 Å². The molecule has 0 unspecified atom stereocenters. The molecule has 1 saturated heterocycles. The van der Waals surface area contributed by atoms with Gasteiger partial charge < -0.3 is 23.5 Å². The van der Waals surface area contributed by atoms with E-state index in [2.05, 4.69) is 19.6 Å². The Labute approximate surface area is 255 Å². The summed E-state index contributed by atoms with van der Waals surface area (Å²) in [7, 11) is 4.26. The fourth-order valence-corrected chi connectivity index (χ4v) is 5.38. The number of carbonyl (C=O) groups is 1. The summed E-state index contributed by atoms with van der Waals surface area (Å²) >= 11 is 0. The number of carbonyl (C=O) groups excluding carboxylic acids is 1. The van der Waals surface area contributed by atoms with Crippen LogP contribution in [0.1, 0.15) is 51.8 Å². The number of aryl methyl sites for hydroxylation is 1. The van der Waals surface area contributed by atoms with Gasteiger partial charge in [-0.3, -0.25) is 4.90 Å². The minimum atomic E-state index is -4.48. The first-order valence-corrected chi connectivity index (χ1v) is 14.1. The van der Waals surface area contributed by atoms with Crippen LogP contribution in [-0.4, -0.2) is 59.3 Å². The van der Waals surface area contributed by atoms with Crippen LogP contribution >= 0.6 is 0 Å². The molecule has 14 heteroatoms. The summed E-state index contributed by atoms with van der Waals surface area (Å²) in [6.07, 6.45) is -2.90. The molecule has 45 heavy (non-hydrogen) atoms. The molecule has 0 atom stereocenters. The van der Waals surface area contributed by atoms with Crippen molar-refractivity contribution >= 4 is 17.0 Å². The molecule has 0 radical (unpaired) electrons. The number of ether oxygens (including phenoxy) is 4. The number of nitrogens with zero attached hydrogens (tertiary/aromatic N) is 4. The molecule has 0 N–H and O–H groups in total. The van der Waals surface area contributed by atoms with Gasteiger partial charge >= 0.3 is 18.8 Å². The second-order valence-electron chi connectivity index (χ2n) is 10.6. The molecule has 5 rings (SSSR count). The summed E-state index contributed by atoms with van der Waals surface area (Å²) in [6.45, 7) is -1.21. The summed E-state index contributed by atoms with van der Waals surface area (Å²) in [4.78, 5) is 23.5. The Bertz CT molecular complexity index is 1670. The molecular formula is C31H31F5N4O5. The van der Waals surface area contributed by atoms with Crippen LogP contribution in [0.3, 0.4) is 0 Å². The first-order chi connectivity index (χ1) is 21.5. The van der Waals surface area contributed by atoms with Crippen molar-refractivity contribution in [3.05, 3.63) is 76.7 Å². The fraction of sp³-hybridized carbons (Fsp3) is 0.387. The number of esters is 1. The molecule has 1 aliphatic heterocycles. The molecule has 2 aromatic carbocycles. The summed E-state index contributed by atoms with van der Waals surface area (Å²) in [5.41, 5.74) is 1.27. The summed E-state index contributed by atoms with van der Waals surface area (Å²) in [5.74, 6) is 0.327. The summed E-state index contributed by atoms with van der Waals surface area (Å²) in [6, 6.07) is 11.4. The Kier molecular flexibility index (Phi) is 9.42. The van der Waals surface area contributed by atoms with Crippen LogP contribution in [0.25, 0.3) is 11.0 Å². The molecule has 0 amide bonds. The maximum Gasteiger partial charge on any atom is 0.416 e. The molecule has 0 bridgehead atoms. The number of pyridine rings is 1. The number of rotatable bonds is 10. The maximum absolute atomic E-state index is 13.1. The summed E-state index contributed by atoms with van der Waals surface area (Å²) < 4.78 is 87.5. The average Bonchev–Trinajstić information content (AvgIpc) is 3.34. The molecule has 1 fully saturated rings. The van der Waals surface area contributed by atoms with Gasteiger partial charge in [0.05, 0.1) is 37.4 Å². The van der Waals surface area contributed by atoms with Crippen LogP contribution in [0.2, 0.25) is 0 Å². The molecule has 3 heterocycles. The van der Waals surface area contributed by atoms with Gasteiger partial charge in [0.15, 0.2) is 5.75 Å². The Morgan fingerprint density at radius 1 is 1.02 bits per heavy atom.